The van der Waals surface area contributed by atoms with E-state index in [4.69, 9.17) is 51.6 Å². The van der Waals surface area contributed by atoms with Crippen molar-refractivity contribution in [3.05, 3.63) is 150 Å². The van der Waals surface area contributed by atoms with Gasteiger partial charge >= 0.3 is 23.9 Å². The molecule has 2 amide bonds. The number of ether oxygens (including phenoxy) is 6. The average Bonchev–Trinajstić information content (AvgIpc) is 3.30. The normalized spacial score (nSPS) is 15.9. The molecule has 3 aromatic rings. The number of rotatable bonds is 20. The molecule has 3 aromatic carbocycles. The van der Waals surface area contributed by atoms with Gasteiger partial charge in [0.25, 0.3) is 11.8 Å². The molecule has 0 radical (unpaired) electrons. The third-order valence-electron chi connectivity index (χ3n) is 10.5. The number of carbonyl (C=O) groups is 6. The predicted molar refractivity (Wildman–Crippen MR) is 244 cm³/mol. The van der Waals surface area contributed by atoms with E-state index >= 15 is 0 Å². The van der Waals surface area contributed by atoms with E-state index in [0.29, 0.717) is 44.0 Å². The van der Waals surface area contributed by atoms with Crippen molar-refractivity contribution in [3.63, 3.8) is 0 Å². The van der Waals surface area contributed by atoms with Crippen molar-refractivity contribution >= 4 is 58.9 Å². The maximum absolute atomic E-state index is 13.5. The van der Waals surface area contributed by atoms with Crippen molar-refractivity contribution in [1.29, 1.82) is 0 Å². The van der Waals surface area contributed by atoms with Crippen LogP contribution >= 0.6 is 23.2 Å². The number of amides is 2. The number of nitrogens with one attached hydrogen (secondary N) is 4. The number of methoxy groups -OCH3 is 2. The molecule has 4 N–H and O–H groups in total. The van der Waals surface area contributed by atoms with E-state index < -0.39 is 47.5 Å². The van der Waals surface area contributed by atoms with E-state index in [0.717, 1.165) is 0 Å². The molecular weight excluding hydrogens is 895 g/mol. The molecular formula is C48H52Cl2N4O12. The second-order valence-electron chi connectivity index (χ2n) is 14.6. The summed E-state index contributed by atoms with van der Waals surface area (Å²) in [4.78, 5) is 79.3. The number of allylic oxidation sites excluding steroid dienone is 2. The highest BCUT2D eigenvalue weighted by Crippen LogP contribution is 2.43. The highest BCUT2D eigenvalue weighted by atomic mass is 35.5. The molecule has 16 nitrogen and oxygen atoms in total. The minimum atomic E-state index is -0.913. The zero-order chi connectivity index (χ0) is 47.9. The van der Waals surface area contributed by atoms with Crippen molar-refractivity contribution in [3.8, 4) is 0 Å². The van der Waals surface area contributed by atoms with E-state index in [1.807, 2.05) is 0 Å². The summed E-state index contributed by atoms with van der Waals surface area (Å²) in [5.74, 6) is -5.37. The summed E-state index contributed by atoms with van der Waals surface area (Å²) in [6, 6.07) is 19.9. The maximum Gasteiger partial charge on any atom is 0.336 e. The number of benzene rings is 3. The summed E-state index contributed by atoms with van der Waals surface area (Å²) in [5.41, 5.74) is 3.70. The number of carbonyl (C=O) groups excluding carboxylic acids is 6. The molecule has 0 spiro atoms. The summed E-state index contributed by atoms with van der Waals surface area (Å²) in [7, 11) is 2.50. The fraction of sp³-hybridized carbons (Fsp3) is 0.333. The molecule has 0 saturated heterocycles. The number of hydrogen-bond donors (Lipinski definition) is 4. The summed E-state index contributed by atoms with van der Waals surface area (Å²) >= 11 is 13.2. The van der Waals surface area contributed by atoms with Gasteiger partial charge in [-0.2, -0.15) is 0 Å². The number of esters is 4. The van der Waals surface area contributed by atoms with Gasteiger partial charge in [-0.3, -0.25) is 9.59 Å². The Kier molecular flexibility index (Phi) is 18.5. The molecule has 66 heavy (non-hydrogen) atoms. The van der Waals surface area contributed by atoms with E-state index in [-0.39, 0.29) is 86.2 Å². The van der Waals surface area contributed by atoms with Crippen LogP contribution in [-0.2, 0) is 47.6 Å². The minimum absolute atomic E-state index is 0.0350. The van der Waals surface area contributed by atoms with Crippen LogP contribution in [0.25, 0.3) is 0 Å². The Morgan fingerprint density at radius 3 is 1.32 bits per heavy atom. The van der Waals surface area contributed by atoms with Crippen LogP contribution in [0.5, 0.6) is 0 Å². The van der Waals surface area contributed by atoms with Gasteiger partial charge in [0.1, 0.15) is 0 Å². The van der Waals surface area contributed by atoms with Gasteiger partial charge in [-0.1, -0.05) is 65.7 Å². The molecule has 2 aliphatic rings. The van der Waals surface area contributed by atoms with Crippen LogP contribution in [0.15, 0.2) is 118 Å². The van der Waals surface area contributed by atoms with Crippen LogP contribution in [0.2, 0.25) is 10.0 Å². The molecule has 2 unspecified atom stereocenters. The Morgan fingerprint density at radius 2 is 0.955 bits per heavy atom. The zero-order valence-electron chi connectivity index (χ0n) is 37.4. The van der Waals surface area contributed by atoms with Gasteiger partial charge in [0.05, 0.1) is 99.4 Å². The minimum Gasteiger partial charge on any atom is -0.466 e. The van der Waals surface area contributed by atoms with Crippen LogP contribution in [0, 0.1) is 0 Å². The number of dihydropyridines is 2. The van der Waals surface area contributed by atoms with Crippen molar-refractivity contribution in [2.24, 2.45) is 0 Å². The van der Waals surface area contributed by atoms with Gasteiger partial charge in [0.2, 0.25) is 0 Å². The lowest BCUT2D eigenvalue weighted by atomic mass is 9.80. The number of hydrogen-bond acceptors (Lipinski definition) is 14. The molecule has 18 heteroatoms. The molecule has 0 fully saturated rings. The van der Waals surface area contributed by atoms with Gasteiger partial charge in [0.15, 0.2) is 0 Å². The second-order valence-corrected chi connectivity index (χ2v) is 15.5. The van der Waals surface area contributed by atoms with Crippen molar-refractivity contribution in [1.82, 2.24) is 21.3 Å². The van der Waals surface area contributed by atoms with Gasteiger partial charge in [-0.05, 0) is 69.2 Å². The van der Waals surface area contributed by atoms with Crippen LogP contribution in [-0.4, -0.2) is 103 Å². The smallest absolute Gasteiger partial charge is 0.336 e. The highest BCUT2D eigenvalue weighted by Gasteiger charge is 2.41. The average molecular weight is 948 g/mol. The molecule has 0 saturated carbocycles. The van der Waals surface area contributed by atoms with E-state index in [2.05, 4.69) is 21.3 Å². The van der Waals surface area contributed by atoms with Gasteiger partial charge < -0.3 is 49.7 Å². The molecule has 2 atom stereocenters. The first kappa shape index (κ1) is 50.5. The predicted octanol–water partition coefficient (Wildman–Crippen LogP) is 5.79. The quantitative estimate of drug-likeness (QED) is 0.0602. The first-order valence-electron chi connectivity index (χ1n) is 21.0. The van der Waals surface area contributed by atoms with Gasteiger partial charge in [0, 0.05) is 45.7 Å². The van der Waals surface area contributed by atoms with Crippen molar-refractivity contribution in [2.45, 2.75) is 39.5 Å². The summed E-state index contributed by atoms with van der Waals surface area (Å²) in [6.45, 7) is 6.87. The Hall–Kier alpha value is -6.46. The first-order valence-corrected chi connectivity index (χ1v) is 21.8. The van der Waals surface area contributed by atoms with E-state index in [1.54, 1.807) is 94.4 Å². The molecule has 5 rings (SSSR count). The lowest BCUT2D eigenvalue weighted by molar-refractivity contribution is -0.140. The molecule has 0 aliphatic carbocycles. The van der Waals surface area contributed by atoms with Crippen molar-refractivity contribution < 1.29 is 57.2 Å². The SMILES string of the molecule is CCOC(=O)C1=C(COCCNC(=O)c2cccc(C(=O)NCCOCC3=C(C(=O)OCC)C(c4ccccc4Cl)C(C(=O)OC)=C(C)N3)c2)NC(C)=C(C(=O)OC)C1c1ccccc1Cl. The Morgan fingerprint density at radius 1 is 0.561 bits per heavy atom. The Labute approximate surface area is 392 Å². The van der Waals surface area contributed by atoms with Crippen molar-refractivity contribution in [2.75, 3.05) is 67.0 Å². The zero-order valence-corrected chi connectivity index (χ0v) is 38.9. The van der Waals surface area contributed by atoms with Gasteiger partial charge in [-0.25, -0.2) is 19.2 Å². The van der Waals surface area contributed by atoms with E-state index in [9.17, 15) is 28.8 Å². The Bertz CT molecular complexity index is 2310. The molecule has 2 aliphatic heterocycles. The number of halogens is 2. The summed E-state index contributed by atoms with van der Waals surface area (Å²) in [5, 5.41) is 12.4. The second kappa shape index (κ2) is 24.2. The molecule has 350 valence electrons. The third-order valence-corrected chi connectivity index (χ3v) is 11.2. The largest absolute Gasteiger partial charge is 0.466 e. The van der Waals surface area contributed by atoms with Crippen LogP contribution in [0.4, 0.5) is 0 Å². The molecule has 0 bridgehead atoms. The summed E-state index contributed by atoms with van der Waals surface area (Å²) in [6.07, 6.45) is 0. The van der Waals surface area contributed by atoms with Crippen LogP contribution in [0.3, 0.4) is 0 Å². The van der Waals surface area contributed by atoms with E-state index in [1.165, 1.54) is 20.3 Å². The van der Waals surface area contributed by atoms with Crippen LogP contribution < -0.4 is 21.3 Å². The third kappa shape index (κ3) is 12.1. The Balaban J connectivity index is 1.18. The first-order chi connectivity index (χ1) is 31.8. The summed E-state index contributed by atoms with van der Waals surface area (Å²) < 4.78 is 32.8. The van der Waals surface area contributed by atoms with Gasteiger partial charge in [-0.15, -0.1) is 0 Å². The maximum atomic E-state index is 13.5. The molecule has 0 aromatic heterocycles. The van der Waals surface area contributed by atoms with Crippen LogP contribution in [0.1, 0.15) is 71.4 Å². The standard InChI is InChI=1S/C48H52Cl2N4O12/c1-7-65-47(59)41-35(53-27(3)37(45(57)61-5)39(41)31-16-9-11-18-33(31)49)25-63-22-20-51-43(55)29-14-13-15-30(24-29)44(56)52-21-23-64-26-36-42(48(60)66-8-2)40(32-17-10-12-19-34(32)50)38(28(4)54-36)46(58)62-6/h9-19,24,39-40,53-54H,7-8,20-23,25-26H2,1-6H3,(H,51,55)(H,52,56). The topological polar surface area (TPSA) is 206 Å². The highest BCUT2D eigenvalue weighted by molar-refractivity contribution is 6.32. The fourth-order valence-corrected chi connectivity index (χ4v) is 8.04. The lowest BCUT2D eigenvalue weighted by Crippen LogP contribution is -2.35. The molecule has 2 heterocycles. The monoisotopic (exact) mass is 946 g/mol. The fourth-order valence-electron chi connectivity index (χ4n) is 7.55. The lowest BCUT2D eigenvalue weighted by Gasteiger charge is -2.31.